The monoisotopic (exact) mass is 539 g/mol. The molecule has 3 aromatic rings. The molecule has 0 aliphatic carbocycles. The number of nitrogens with two attached hydrogens (primary N) is 1. The number of nitrogens with zero attached hydrogens (tertiary/aromatic N) is 1. The highest BCUT2D eigenvalue weighted by atomic mass is 19.1. The fourth-order valence-electron chi connectivity index (χ4n) is 4.78. The summed E-state index contributed by atoms with van der Waals surface area (Å²) in [6.07, 6.45) is 2.14. The molecule has 1 aromatic heterocycles. The minimum absolute atomic E-state index is 0.0854. The molecule has 0 unspecified atom stereocenters. The maximum absolute atomic E-state index is 13.7. The van der Waals surface area contributed by atoms with Crippen LogP contribution >= 0.6 is 0 Å². The summed E-state index contributed by atoms with van der Waals surface area (Å²) < 4.78 is 15.8. The number of unbranched alkanes of at least 4 members (excludes halogenated alkanes) is 1. The van der Waals surface area contributed by atoms with Gasteiger partial charge in [0, 0.05) is 34.6 Å². The molecule has 0 saturated heterocycles. The number of aliphatic carboxylic acids is 1. The first-order valence-corrected chi connectivity index (χ1v) is 13.3. The number of carboxylic acids is 1. The summed E-state index contributed by atoms with van der Waals surface area (Å²) in [7, 11) is 0. The number of hydrogen-bond acceptors (Lipinski definition) is 5. The second-order valence-corrected chi connectivity index (χ2v) is 10.0. The minimum atomic E-state index is -1.17. The van der Waals surface area contributed by atoms with E-state index < -0.39 is 30.1 Å². The van der Waals surface area contributed by atoms with E-state index in [1.807, 2.05) is 24.3 Å². The van der Waals surface area contributed by atoms with Crippen LogP contribution in [-0.4, -0.2) is 56.6 Å². The zero-order chi connectivity index (χ0) is 28.5. The predicted molar refractivity (Wildman–Crippen MR) is 150 cm³/mol. The number of carbonyl (C=O) groups excluding carboxylic acids is 1. The Morgan fingerprint density at radius 2 is 1.77 bits per heavy atom. The number of benzene rings is 2. The summed E-state index contributed by atoms with van der Waals surface area (Å²) in [5, 5.41) is 33.8. The normalized spacial score (nSPS) is 14.1. The molecule has 210 valence electrons. The molecule has 6 N–H and O–H groups in total. The maximum Gasteiger partial charge on any atom is 0.326 e. The summed E-state index contributed by atoms with van der Waals surface area (Å²) >= 11 is 0. The molecule has 0 fully saturated rings. The zero-order valence-electron chi connectivity index (χ0n) is 22.4. The molecule has 39 heavy (non-hydrogen) atoms. The van der Waals surface area contributed by atoms with Crippen molar-refractivity contribution in [2.45, 2.75) is 70.2 Å². The van der Waals surface area contributed by atoms with Gasteiger partial charge in [-0.2, -0.15) is 0 Å². The topological polar surface area (TPSA) is 138 Å². The first kappa shape index (κ1) is 30.0. The SMILES string of the molecule is CC(C)n1c(/C=C/[C@H](O)C[C@H](O)CC(=O)N[C@@H](CCCCN)C(=O)O)c(-c2ccc(F)cc2)c2ccccc21. The molecule has 3 rings (SSSR count). The van der Waals surface area contributed by atoms with E-state index >= 15 is 0 Å². The largest absolute Gasteiger partial charge is 0.480 e. The van der Waals surface area contributed by atoms with Crippen LogP contribution in [0.2, 0.25) is 0 Å². The fraction of sp³-hybridized carbons (Fsp3) is 0.400. The number of aliphatic hydroxyl groups is 2. The number of aliphatic hydroxyl groups excluding tert-OH is 2. The molecular formula is C30H38FN3O5. The highest BCUT2D eigenvalue weighted by Gasteiger charge is 2.22. The Morgan fingerprint density at radius 1 is 1.08 bits per heavy atom. The van der Waals surface area contributed by atoms with Gasteiger partial charge in [0.05, 0.1) is 18.6 Å². The number of amides is 1. The van der Waals surface area contributed by atoms with Gasteiger partial charge in [-0.25, -0.2) is 9.18 Å². The van der Waals surface area contributed by atoms with E-state index in [-0.39, 0.29) is 31.1 Å². The Balaban J connectivity index is 1.77. The van der Waals surface area contributed by atoms with Crippen molar-refractivity contribution in [3.8, 4) is 11.1 Å². The molecule has 9 heteroatoms. The predicted octanol–water partition coefficient (Wildman–Crippen LogP) is 4.24. The van der Waals surface area contributed by atoms with Crippen LogP contribution in [0.25, 0.3) is 28.1 Å². The Morgan fingerprint density at radius 3 is 2.41 bits per heavy atom. The van der Waals surface area contributed by atoms with Crippen LogP contribution in [-0.2, 0) is 9.59 Å². The van der Waals surface area contributed by atoms with Crippen molar-refractivity contribution in [2.24, 2.45) is 5.73 Å². The van der Waals surface area contributed by atoms with Gasteiger partial charge in [-0.05, 0) is 69.5 Å². The van der Waals surface area contributed by atoms with Crippen LogP contribution in [0.15, 0.2) is 54.6 Å². The summed E-state index contributed by atoms with van der Waals surface area (Å²) in [5.74, 6) is -2.07. The van der Waals surface area contributed by atoms with E-state index in [2.05, 4.69) is 23.7 Å². The van der Waals surface area contributed by atoms with Gasteiger partial charge < -0.3 is 30.9 Å². The molecule has 0 bridgehead atoms. The van der Waals surface area contributed by atoms with Gasteiger partial charge in [0.25, 0.3) is 0 Å². The van der Waals surface area contributed by atoms with Crippen LogP contribution in [0.4, 0.5) is 4.39 Å². The van der Waals surface area contributed by atoms with Crippen LogP contribution in [0.1, 0.15) is 57.7 Å². The van der Waals surface area contributed by atoms with Gasteiger partial charge in [0.2, 0.25) is 5.91 Å². The third-order valence-electron chi connectivity index (χ3n) is 6.59. The smallest absolute Gasteiger partial charge is 0.326 e. The first-order chi connectivity index (χ1) is 18.6. The standard InChI is InChI=1S/C30H38FN3O5/c1-19(2)34-26-9-4-3-7-24(26)29(20-10-12-21(31)13-11-20)27(34)15-14-22(35)17-23(36)18-28(37)33-25(30(38)39)8-5-6-16-32/h3-4,7,9-15,19,22-23,25,35-36H,5-6,8,16-18,32H2,1-2H3,(H,33,37)(H,38,39)/b15-14+/t22-,23-,25-/m0/s1. The van der Waals surface area contributed by atoms with Crippen molar-refractivity contribution in [3.05, 3.63) is 66.1 Å². The maximum atomic E-state index is 13.7. The van der Waals surface area contributed by atoms with E-state index in [9.17, 15) is 29.3 Å². The van der Waals surface area contributed by atoms with Crippen molar-refractivity contribution in [3.63, 3.8) is 0 Å². The average Bonchev–Trinajstić information content (AvgIpc) is 3.21. The number of carbonyl (C=O) groups is 2. The first-order valence-electron chi connectivity index (χ1n) is 13.3. The number of para-hydroxylation sites is 1. The third-order valence-corrected chi connectivity index (χ3v) is 6.59. The number of halogens is 1. The van der Waals surface area contributed by atoms with Crippen molar-refractivity contribution in [1.29, 1.82) is 0 Å². The van der Waals surface area contributed by atoms with Gasteiger partial charge in [-0.3, -0.25) is 4.79 Å². The van der Waals surface area contributed by atoms with Gasteiger partial charge in [-0.15, -0.1) is 0 Å². The number of carboxylic acid groups (broad SMARTS) is 1. The van der Waals surface area contributed by atoms with E-state index in [0.29, 0.717) is 19.4 Å². The summed E-state index contributed by atoms with van der Waals surface area (Å²) in [4.78, 5) is 23.7. The van der Waals surface area contributed by atoms with Crippen molar-refractivity contribution in [2.75, 3.05) is 6.54 Å². The van der Waals surface area contributed by atoms with E-state index in [1.54, 1.807) is 24.3 Å². The van der Waals surface area contributed by atoms with Crippen molar-refractivity contribution >= 4 is 28.9 Å². The second kappa shape index (κ2) is 14.0. The average molecular weight is 540 g/mol. The Hall–Kier alpha value is -3.53. The molecule has 0 radical (unpaired) electrons. The molecule has 8 nitrogen and oxygen atoms in total. The fourth-order valence-corrected chi connectivity index (χ4v) is 4.78. The molecule has 0 spiro atoms. The number of aromatic nitrogens is 1. The van der Waals surface area contributed by atoms with Gasteiger partial charge in [0.15, 0.2) is 0 Å². The van der Waals surface area contributed by atoms with Crippen LogP contribution in [0.3, 0.4) is 0 Å². The second-order valence-electron chi connectivity index (χ2n) is 10.0. The van der Waals surface area contributed by atoms with E-state index in [4.69, 9.17) is 5.73 Å². The molecule has 0 aliphatic heterocycles. The van der Waals surface area contributed by atoms with Crippen molar-refractivity contribution < 1.29 is 29.3 Å². The highest BCUT2D eigenvalue weighted by Crippen LogP contribution is 2.38. The molecule has 2 aromatic carbocycles. The lowest BCUT2D eigenvalue weighted by Gasteiger charge is -2.17. The van der Waals surface area contributed by atoms with E-state index in [1.165, 1.54) is 12.1 Å². The number of nitrogens with one attached hydrogen (secondary N) is 1. The lowest BCUT2D eigenvalue weighted by molar-refractivity contribution is -0.142. The van der Waals surface area contributed by atoms with Crippen LogP contribution < -0.4 is 11.1 Å². The molecule has 0 saturated carbocycles. The van der Waals surface area contributed by atoms with Gasteiger partial charge in [0.1, 0.15) is 11.9 Å². The summed E-state index contributed by atoms with van der Waals surface area (Å²) in [5.41, 5.74) is 8.99. The Labute approximate surface area is 227 Å². The Bertz CT molecular complexity index is 1290. The Kier molecular flexibility index (Phi) is 10.8. The molecule has 0 aliphatic rings. The van der Waals surface area contributed by atoms with Crippen molar-refractivity contribution in [1.82, 2.24) is 9.88 Å². The number of rotatable bonds is 14. The molecule has 3 atom stereocenters. The van der Waals surface area contributed by atoms with Gasteiger partial charge >= 0.3 is 5.97 Å². The summed E-state index contributed by atoms with van der Waals surface area (Å²) in [6.45, 7) is 4.54. The number of fused-ring (bicyclic) bond motifs is 1. The van der Waals surface area contributed by atoms with Crippen LogP contribution in [0, 0.1) is 5.82 Å². The molecular weight excluding hydrogens is 501 g/mol. The van der Waals surface area contributed by atoms with Gasteiger partial charge in [-0.1, -0.05) is 36.4 Å². The zero-order valence-corrected chi connectivity index (χ0v) is 22.4. The lowest BCUT2D eigenvalue weighted by Crippen LogP contribution is -2.42. The number of hydrogen-bond donors (Lipinski definition) is 5. The lowest BCUT2D eigenvalue weighted by atomic mass is 10.0. The quantitative estimate of drug-likeness (QED) is 0.194. The summed E-state index contributed by atoms with van der Waals surface area (Å²) in [6, 6.07) is 13.2. The molecule has 1 heterocycles. The highest BCUT2D eigenvalue weighted by molar-refractivity contribution is 6.01. The van der Waals surface area contributed by atoms with E-state index in [0.717, 1.165) is 27.7 Å². The molecule has 1 amide bonds. The minimum Gasteiger partial charge on any atom is -0.480 e. The van der Waals surface area contributed by atoms with Crippen LogP contribution in [0.5, 0.6) is 0 Å². The third kappa shape index (κ3) is 7.98.